The summed E-state index contributed by atoms with van der Waals surface area (Å²) in [6, 6.07) is 17.8. The number of fused-ring (bicyclic) bond motifs is 2. The molecule has 4 aliphatic rings. The first-order chi connectivity index (χ1) is 20.4. The molecule has 4 heterocycles. The van der Waals surface area contributed by atoms with Crippen LogP contribution in [0.25, 0.3) is 0 Å². The number of carbonyl (C=O) groups excluding carboxylic acids is 4. The van der Waals surface area contributed by atoms with E-state index in [0.29, 0.717) is 42.2 Å². The summed E-state index contributed by atoms with van der Waals surface area (Å²) in [5.74, 6) is -1.02. The lowest BCUT2D eigenvalue weighted by molar-refractivity contribution is -0.136. The Labute approximate surface area is 243 Å². The fourth-order valence-electron chi connectivity index (χ4n) is 6.84. The van der Waals surface area contributed by atoms with Gasteiger partial charge in [0.05, 0.1) is 12.2 Å². The van der Waals surface area contributed by atoms with Crippen molar-refractivity contribution < 1.29 is 23.6 Å². The molecule has 4 amide bonds. The number of para-hydroxylation sites is 1. The minimum atomic E-state index is -0.605. The van der Waals surface area contributed by atoms with Crippen LogP contribution in [-0.2, 0) is 29.2 Å². The number of halogens is 1. The van der Waals surface area contributed by atoms with Gasteiger partial charge in [0.2, 0.25) is 11.8 Å². The zero-order valence-electron chi connectivity index (χ0n) is 23.1. The summed E-state index contributed by atoms with van der Waals surface area (Å²) >= 11 is 0. The number of benzene rings is 3. The van der Waals surface area contributed by atoms with Gasteiger partial charge in [-0.25, -0.2) is 4.39 Å². The van der Waals surface area contributed by atoms with Crippen molar-refractivity contribution >= 4 is 29.3 Å². The fourth-order valence-corrected chi connectivity index (χ4v) is 6.84. The van der Waals surface area contributed by atoms with Gasteiger partial charge in [-0.3, -0.25) is 29.4 Å². The van der Waals surface area contributed by atoms with Crippen LogP contribution >= 0.6 is 0 Å². The van der Waals surface area contributed by atoms with Gasteiger partial charge in [-0.1, -0.05) is 36.4 Å². The molecule has 0 saturated carbocycles. The van der Waals surface area contributed by atoms with Gasteiger partial charge in [-0.15, -0.1) is 0 Å². The predicted octanol–water partition coefficient (Wildman–Crippen LogP) is 4.13. The van der Waals surface area contributed by atoms with E-state index in [2.05, 4.69) is 22.3 Å². The molecule has 0 spiro atoms. The molecule has 0 radical (unpaired) electrons. The molecular formula is C33H31FN4O4. The second-order valence-corrected chi connectivity index (χ2v) is 11.7. The van der Waals surface area contributed by atoms with Gasteiger partial charge in [0.15, 0.2) is 0 Å². The summed E-state index contributed by atoms with van der Waals surface area (Å²) in [6.07, 6.45) is 2.56. The fraction of sp³-hybridized carbons (Fsp3) is 0.333. The molecule has 7 rings (SSSR count). The number of amides is 4. The van der Waals surface area contributed by atoms with Crippen molar-refractivity contribution in [1.82, 2.24) is 15.1 Å². The van der Waals surface area contributed by atoms with Gasteiger partial charge in [0, 0.05) is 30.6 Å². The van der Waals surface area contributed by atoms with Gasteiger partial charge in [-0.2, -0.15) is 0 Å². The second-order valence-electron chi connectivity index (χ2n) is 11.7. The van der Waals surface area contributed by atoms with E-state index in [1.165, 1.54) is 16.5 Å². The highest BCUT2D eigenvalue weighted by Gasteiger charge is 2.39. The van der Waals surface area contributed by atoms with Crippen LogP contribution in [0.3, 0.4) is 0 Å². The van der Waals surface area contributed by atoms with E-state index in [9.17, 15) is 23.6 Å². The first-order valence-corrected chi connectivity index (χ1v) is 14.5. The Morgan fingerprint density at radius 3 is 2.40 bits per heavy atom. The third kappa shape index (κ3) is 4.67. The summed E-state index contributed by atoms with van der Waals surface area (Å²) in [5, 5.41) is 2.35. The standard InChI is InChI=1S/C33H31FN4O4/c34-27-3-1-2-4-28(27)37-18-23-6-5-20(15-26(23)33(37)42)17-36-13-11-21(12-14-36)22-7-8-25-24(16-22)19-38(32(25)41)29-9-10-30(39)35-31(29)40/h1-8,15-16,21,29H,9-14,17-19H2,(H,35,39,40). The summed E-state index contributed by atoms with van der Waals surface area (Å²) in [7, 11) is 0. The largest absolute Gasteiger partial charge is 0.322 e. The number of anilines is 1. The average Bonchev–Trinajstić information content (AvgIpc) is 3.49. The maximum absolute atomic E-state index is 14.3. The molecule has 0 aliphatic carbocycles. The second kappa shape index (κ2) is 10.5. The molecule has 1 N–H and O–H groups in total. The highest BCUT2D eigenvalue weighted by molar-refractivity contribution is 6.10. The Balaban J connectivity index is 0.976. The molecule has 42 heavy (non-hydrogen) atoms. The van der Waals surface area contributed by atoms with Crippen molar-refractivity contribution in [3.63, 3.8) is 0 Å². The van der Waals surface area contributed by atoms with Gasteiger partial charge < -0.3 is 9.80 Å². The van der Waals surface area contributed by atoms with E-state index in [-0.39, 0.29) is 24.1 Å². The molecule has 8 nitrogen and oxygen atoms in total. The van der Waals surface area contributed by atoms with E-state index in [1.807, 2.05) is 24.3 Å². The van der Waals surface area contributed by atoms with Crippen molar-refractivity contribution in [3.8, 4) is 0 Å². The first kappa shape index (κ1) is 26.5. The highest BCUT2D eigenvalue weighted by atomic mass is 19.1. The number of piperidine rings is 2. The lowest BCUT2D eigenvalue weighted by atomic mass is 9.87. The maximum Gasteiger partial charge on any atom is 0.259 e. The van der Waals surface area contributed by atoms with Crippen molar-refractivity contribution in [2.45, 2.75) is 57.3 Å². The number of hydrogen-bond donors (Lipinski definition) is 1. The van der Waals surface area contributed by atoms with Crippen molar-refractivity contribution in [2.24, 2.45) is 0 Å². The molecule has 0 bridgehead atoms. The smallest absolute Gasteiger partial charge is 0.259 e. The highest BCUT2D eigenvalue weighted by Crippen LogP contribution is 2.35. The molecule has 2 fully saturated rings. The van der Waals surface area contributed by atoms with Crippen molar-refractivity contribution in [2.75, 3.05) is 18.0 Å². The topological polar surface area (TPSA) is 90.0 Å². The molecule has 3 aromatic rings. The summed E-state index contributed by atoms with van der Waals surface area (Å²) in [4.78, 5) is 55.6. The normalized spacial score (nSPS) is 21.1. The third-order valence-corrected chi connectivity index (χ3v) is 9.13. The number of rotatable bonds is 5. The van der Waals surface area contributed by atoms with Crippen LogP contribution < -0.4 is 10.2 Å². The molecular weight excluding hydrogens is 535 g/mol. The SMILES string of the molecule is O=C1CCC(N2Cc3cc(C4CCN(Cc5ccc6c(c5)C(=O)N(c5ccccc5F)C6)CC4)ccc3C2=O)C(=O)N1. The van der Waals surface area contributed by atoms with Crippen LogP contribution in [0.5, 0.6) is 0 Å². The van der Waals surface area contributed by atoms with Crippen molar-refractivity contribution in [3.05, 3.63) is 99.9 Å². The Hall–Kier alpha value is -4.37. The average molecular weight is 567 g/mol. The molecule has 0 aromatic heterocycles. The Kier molecular flexibility index (Phi) is 6.61. The molecule has 9 heteroatoms. The Morgan fingerprint density at radius 2 is 1.62 bits per heavy atom. The molecule has 1 unspecified atom stereocenters. The molecule has 3 aromatic carbocycles. The lowest BCUT2D eigenvalue weighted by Gasteiger charge is -2.32. The molecule has 4 aliphatic heterocycles. The van der Waals surface area contributed by atoms with Crippen LogP contribution in [0, 0.1) is 5.82 Å². The minimum absolute atomic E-state index is 0.147. The third-order valence-electron chi connectivity index (χ3n) is 9.13. The van der Waals surface area contributed by atoms with Gasteiger partial charge in [0.25, 0.3) is 11.8 Å². The summed E-state index contributed by atoms with van der Waals surface area (Å²) < 4.78 is 14.3. The van der Waals surface area contributed by atoms with Crippen LogP contribution in [0.2, 0.25) is 0 Å². The molecule has 2 saturated heterocycles. The zero-order chi connectivity index (χ0) is 29.0. The maximum atomic E-state index is 14.3. The van der Waals surface area contributed by atoms with E-state index in [0.717, 1.165) is 49.2 Å². The zero-order valence-corrected chi connectivity index (χ0v) is 23.1. The quantitative estimate of drug-likeness (QED) is 0.470. The van der Waals surface area contributed by atoms with Crippen molar-refractivity contribution in [1.29, 1.82) is 0 Å². The summed E-state index contributed by atoms with van der Waals surface area (Å²) in [5.41, 5.74) is 5.73. The summed E-state index contributed by atoms with van der Waals surface area (Å²) in [6.45, 7) is 3.33. The molecule has 214 valence electrons. The van der Waals surface area contributed by atoms with E-state index < -0.39 is 17.8 Å². The van der Waals surface area contributed by atoms with E-state index in [4.69, 9.17) is 0 Å². The van der Waals surface area contributed by atoms with E-state index in [1.54, 1.807) is 23.1 Å². The van der Waals surface area contributed by atoms with Crippen LogP contribution in [-0.4, -0.2) is 52.6 Å². The Morgan fingerprint density at radius 1 is 0.810 bits per heavy atom. The number of nitrogens with zero attached hydrogens (tertiary/aromatic N) is 3. The minimum Gasteiger partial charge on any atom is -0.322 e. The van der Waals surface area contributed by atoms with Crippen LogP contribution in [0.4, 0.5) is 10.1 Å². The number of carbonyl (C=O) groups is 4. The molecule has 1 atom stereocenters. The number of nitrogens with one attached hydrogen (secondary N) is 1. The Bertz CT molecular complexity index is 1630. The number of imide groups is 1. The first-order valence-electron chi connectivity index (χ1n) is 14.5. The lowest BCUT2D eigenvalue weighted by Crippen LogP contribution is -2.52. The van der Waals surface area contributed by atoms with Gasteiger partial charge in [-0.05, 0) is 84.8 Å². The predicted molar refractivity (Wildman–Crippen MR) is 153 cm³/mol. The van der Waals surface area contributed by atoms with Crippen LogP contribution in [0.1, 0.15) is 74.6 Å². The monoisotopic (exact) mass is 566 g/mol. The van der Waals surface area contributed by atoms with Crippen LogP contribution in [0.15, 0.2) is 60.7 Å². The number of likely N-dealkylation sites (tertiary alicyclic amines) is 1. The van der Waals surface area contributed by atoms with Gasteiger partial charge >= 0.3 is 0 Å². The number of hydrogen-bond acceptors (Lipinski definition) is 5. The van der Waals surface area contributed by atoms with Gasteiger partial charge in [0.1, 0.15) is 11.9 Å². The van der Waals surface area contributed by atoms with E-state index >= 15 is 0 Å².